The third-order valence-corrected chi connectivity index (χ3v) is 2.46. The van der Waals surface area contributed by atoms with Crippen LogP contribution in [0.1, 0.15) is 30.6 Å². The van der Waals surface area contributed by atoms with Crippen LogP contribution in [-0.2, 0) is 4.79 Å². The summed E-state index contributed by atoms with van der Waals surface area (Å²) in [6.07, 6.45) is 0.0814. The maximum atomic E-state index is 12.1. The predicted molar refractivity (Wildman–Crippen MR) is 72.8 cm³/mol. The number of carbonyl (C=O) groups is 2. The van der Waals surface area contributed by atoms with Crippen molar-refractivity contribution in [3.63, 3.8) is 0 Å². The van der Waals surface area contributed by atoms with Gasteiger partial charge in [0.1, 0.15) is 0 Å². The first-order valence-electron chi connectivity index (χ1n) is 6.06. The predicted octanol–water partition coefficient (Wildman–Crippen LogP) is 0.661. The molecular weight excluding hydrogens is 246 g/mol. The van der Waals surface area contributed by atoms with Gasteiger partial charge in [-0.15, -0.1) is 0 Å². The molecule has 2 amide bonds. The Balaban J connectivity index is 2.87. The van der Waals surface area contributed by atoms with Crippen molar-refractivity contribution in [2.45, 2.75) is 26.3 Å². The van der Waals surface area contributed by atoms with Gasteiger partial charge in [0, 0.05) is 12.5 Å². The fraction of sp³-hybridized carbons (Fsp3) is 0.385. The summed E-state index contributed by atoms with van der Waals surface area (Å²) in [5.74, 6) is -0.455. The number of para-hydroxylation sites is 1. The molecule has 1 atom stereocenters. The number of nitrogens with one attached hydrogen (secondary N) is 1. The Kier molecular flexibility index (Phi) is 5.17. The van der Waals surface area contributed by atoms with E-state index in [0.717, 1.165) is 0 Å². The fourth-order valence-electron chi connectivity index (χ4n) is 1.69. The molecule has 0 aromatic heterocycles. The zero-order valence-corrected chi connectivity index (χ0v) is 11.1. The van der Waals surface area contributed by atoms with E-state index in [1.54, 1.807) is 25.1 Å². The van der Waals surface area contributed by atoms with Gasteiger partial charge in [0.25, 0.3) is 5.91 Å². The molecule has 0 bridgehead atoms. The maximum absolute atomic E-state index is 12.1. The van der Waals surface area contributed by atoms with E-state index < -0.39 is 5.91 Å². The van der Waals surface area contributed by atoms with E-state index in [9.17, 15) is 9.59 Å². The lowest BCUT2D eigenvalue weighted by Gasteiger charge is -2.15. The highest BCUT2D eigenvalue weighted by Gasteiger charge is 2.17. The largest absolute Gasteiger partial charge is 0.491 e. The maximum Gasteiger partial charge on any atom is 0.255 e. The summed E-state index contributed by atoms with van der Waals surface area (Å²) in [6.45, 7) is 3.92. The molecule has 0 aliphatic rings. The van der Waals surface area contributed by atoms with Crippen molar-refractivity contribution < 1.29 is 14.3 Å². The summed E-state index contributed by atoms with van der Waals surface area (Å²) in [5.41, 5.74) is 11.6. The lowest BCUT2D eigenvalue weighted by Crippen LogP contribution is -2.36. The number of amides is 2. The summed E-state index contributed by atoms with van der Waals surface area (Å²) in [5, 5.41) is 2.68. The number of nitrogen functional groups attached to an aromatic ring is 1. The van der Waals surface area contributed by atoms with Crippen LogP contribution < -0.4 is 21.5 Å². The number of ether oxygens (including phenoxy) is 1. The minimum absolute atomic E-state index is 0.0814. The van der Waals surface area contributed by atoms with E-state index >= 15 is 0 Å². The Morgan fingerprint density at radius 3 is 2.68 bits per heavy atom. The average molecular weight is 265 g/mol. The summed E-state index contributed by atoms with van der Waals surface area (Å²) >= 11 is 0. The van der Waals surface area contributed by atoms with Crippen LogP contribution in [-0.4, -0.2) is 24.5 Å². The molecular formula is C13H19N3O3. The quantitative estimate of drug-likeness (QED) is 0.657. The highest BCUT2D eigenvalue weighted by atomic mass is 16.5. The van der Waals surface area contributed by atoms with Crippen molar-refractivity contribution in [2.24, 2.45) is 5.73 Å². The van der Waals surface area contributed by atoms with Crippen LogP contribution in [0.2, 0.25) is 0 Å². The van der Waals surface area contributed by atoms with Crippen molar-refractivity contribution in [1.82, 2.24) is 5.32 Å². The summed E-state index contributed by atoms with van der Waals surface area (Å²) in [7, 11) is 0. The zero-order valence-electron chi connectivity index (χ0n) is 11.1. The average Bonchev–Trinajstić information content (AvgIpc) is 2.30. The molecule has 6 heteroatoms. The first-order valence-corrected chi connectivity index (χ1v) is 6.06. The number of hydrogen-bond donors (Lipinski definition) is 3. The number of benzene rings is 1. The second-order valence-corrected chi connectivity index (χ2v) is 4.20. The summed E-state index contributed by atoms with van der Waals surface area (Å²) in [6, 6.07) is 4.61. The highest BCUT2D eigenvalue weighted by molar-refractivity contribution is 5.99. The van der Waals surface area contributed by atoms with Crippen LogP contribution in [0.25, 0.3) is 0 Å². The van der Waals surface area contributed by atoms with Gasteiger partial charge >= 0.3 is 0 Å². The first-order chi connectivity index (χ1) is 8.95. The van der Waals surface area contributed by atoms with E-state index in [-0.39, 0.29) is 18.4 Å². The molecule has 1 aromatic rings. The number of nitrogens with two attached hydrogens (primary N) is 2. The van der Waals surface area contributed by atoms with E-state index in [1.807, 2.05) is 6.92 Å². The molecule has 0 heterocycles. The molecule has 104 valence electrons. The Bertz CT molecular complexity index is 474. The number of anilines is 1. The minimum Gasteiger partial charge on any atom is -0.491 e. The van der Waals surface area contributed by atoms with E-state index in [4.69, 9.17) is 16.2 Å². The Morgan fingerprint density at radius 1 is 1.42 bits per heavy atom. The van der Waals surface area contributed by atoms with Gasteiger partial charge in [0.05, 0.1) is 17.9 Å². The summed E-state index contributed by atoms with van der Waals surface area (Å²) in [4.78, 5) is 22.9. The molecule has 0 aliphatic carbocycles. The van der Waals surface area contributed by atoms with Gasteiger partial charge in [-0.1, -0.05) is 6.07 Å². The number of hydrogen-bond acceptors (Lipinski definition) is 4. The van der Waals surface area contributed by atoms with Gasteiger partial charge in [-0.2, -0.15) is 0 Å². The van der Waals surface area contributed by atoms with Gasteiger partial charge < -0.3 is 21.5 Å². The molecule has 0 spiro atoms. The van der Waals surface area contributed by atoms with Crippen LogP contribution in [0.3, 0.4) is 0 Å². The molecule has 1 aromatic carbocycles. The molecule has 0 fully saturated rings. The van der Waals surface area contributed by atoms with Gasteiger partial charge in [-0.3, -0.25) is 9.59 Å². The number of carbonyl (C=O) groups excluding carboxylic acids is 2. The second kappa shape index (κ2) is 6.63. The van der Waals surface area contributed by atoms with Gasteiger partial charge in [-0.25, -0.2) is 0 Å². The fourth-order valence-corrected chi connectivity index (χ4v) is 1.69. The topological polar surface area (TPSA) is 107 Å². The van der Waals surface area contributed by atoms with Crippen LogP contribution in [0.15, 0.2) is 18.2 Å². The number of primary amides is 1. The van der Waals surface area contributed by atoms with Gasteiger partial charge in [0.15, 0.2) is 5.75 Å². The third-order valence-electron chi connectivity index (χ3n) is 2.46. The monoisotopic (exact) mass is 265 g/mol. The second-order valence-electron chi connectivity index (χ2n) is 4.20. The SMILES string of the molecule is CCOc1c(N)cccc1C(=O)NC(C)CC(N)=O. The molecule has 1 rings (SSSR count). The lowest BCUT2D eigenvalue weighted by molar-refractivity contribution is -0.118. The lowest BCUT2D eigenvalue weighted by atomic mass is 10.1. The Morgan fingerprint density at radius 2 is 2.11 bits per heavy atom. The van der Waals surface area contributed by atoms with Crippen LogP contribution >= 0.6 is 0 Å². The van der Waals surface area contributed by atoms with Gasteiger partial charge in [-0.05, 0) is 26.0 Å². The highest BCUT2D eigenvalue weighted by Crippen LogP contribution is 2.26. The zero-order chi connectivity index (χ0) is 14.4. The molecule has 0 radical (unpaired) electrons. The standard InChI is InChI=1S/C13H19N3O3/c1-3-19-12-9(5-4-6-10(12)14)13(18)16-8(2)7-11(15)17/h4-6,8H,3,7,14H2,1-2H3,(H2,15,17)(H,16,18). The van der Waals surface area contributed by atoms with Crippen molar-refractivity contribution in [1.29, 1.82) is 0 Å². The molecule has 6 nitrogen and oxygen atoms in total. The Labute approximate surface area is 112 Å². The minimum atomic E-state index is -0.467. The first kappa shape index (κ1) is 14.8. The van der Waals surface area contributed by atoms with Crippen LogP contribution in [0, 0.1) is 0 Å². The van der Waals surface area contributed by atoms with Crippen molar-refractivity contribution in [3.8, 4) is 5.75 Å². The molecule has 0 aliphatic heterocycles. The molecule has 0 saturated carbocycles. The van der Waals surface area contributed by atoms with Crippen LogP contribution in [0.5, 0.6) is 5.75 Å². The smallest absolute Gasteiger partial charge is 0.255 e. The molecule has 1 unspecified atom stereocenters. The Hall–Kier alpha value is -2.24. The normalized spacial score (nSPS) is 11.7. The van der Waals surface area contributed by atoms with Crippen LogP contribution in [0.4, 0.5) is 5.69 Å². The van der Waals surface area contributed by atoms with E-state index in [0.29, 0.717) is 23.6 Å². The van der Waals surface area contributed by atoms with Crippen molar-refractivity contribution in [2.75, 3.05) is 12.3 Å². The summed E-state index contributed by atoms with van der Waals surface area (Å²) < 4.78 is 5.37. The molecule has 5 N–H and O–H groups in total. The van der Waals surface area contributed by atoms with Gasteiger partial charge in [0.2, 0.25) is 5.91 Å². The van der Waals surface area contributed by atoms with E-state index in [1.165, 1.54) is 0 Å². The van der Waals surface area contributed by atoms with E-state index in [2.05, 4.69) is 5.32 Å². The van der Waals surface area contributed by atoms with Crippen molar-refractivity contribution in [3.05, 3.63) is 23.8 Å². The molecule has 19 heavy (non-hydrogen) atoms. The number of rotatable bonds is 6. The third kappa shape index (κ3) is 4.17. The van der Waals surface area contributed by atoms with Crippen molar-refractivity contribution >= 4 is 17.5 Å². The molecule has 0 saturated heterocycles.